The zero-order valence-corrected chi connectivity index (χ0v) is 14.3. The standard InChI is InChI=1S/C20H24N2O2/c1-14-5-3-6-16(9-14)20(24)22-8-4-7-17(13-22)19(23)18-10-15(2)11-21-12-18/h3,5-6,9-12,17,19,23H,4,7-8,13H2,1-2H3. The fourth-order valence-corrected chi connectivity index (χ4v) is 3.43. The van der Waals surface area contributed by atoms with Gasteiger partial charge in [-0.15, -0.1) is 0 Å². The van der Waals surface area contributed by atoms with Crippen LogP contribution in [0.2, 0.25) is 0 Å². The first-order valence-electron chi connectivity index (χ1n) is 8.50. The molecule has 0 aliphatic carbocycles. The molecule has 0 saturated carbocycles. The number of aryl methyl sites for hydroxylation is 2. The summed E-state index contributed by atoms with van der Waals surface area (Å²) in [5, 5.41) is 10.7. The van der Waals surface area contributed by atoms with E-state index in [1.54, 1.807) is 12.4 Å². The van der Waals surface area contributed by atoms with Gasteiger partial charge < -0.3 is 10.0 Å². The molecular weight excluding hydrogens is 300 g/mol. The van der Waals surface area contributed by atoms with Crippen LogP contribution in [0.5, 0.6) is 0 Å². The summed E-state index contributed by atoms with van der Waals surface area (Å²) in [5.74, 6) is 0.106. The van der Waals surface area contributed by atoms with Crippen molar-refractivity contribution in [2.24, 2.45) is 5.92 Å². The summed E-state index contributed by atoms with van der Waals surface area (Å²) in [6.45, 7) is 5.30. The summed E-state index contributed by atoms with van der Waals surface area (Å²) >= 11 is 0. The molecule has 0 bridgehead atoms. The van der Waals surface area contributed by atoms with E-state index in [2.05, 4.69) is 4.98 Å². The molecule has 4 heteroatoms. The van der Waals surface area contributed by atoms with Crippen molar-refractivity contribution in [2.75, 3.05) is 13.1 Å². The number of rotatable bonds is 3. The van der Waals surface area contributed by atoms with Crippen molar-refractivity contribution in [1.29, 1.82) is 0 Å². The van der Waals surface area contributed by atoms with E-state index in [1.807, 2.05) is 49.1 Å². The van der Waals surface area contributed by atoms with Crippen molar-refractivity contribution >= 4 is 5.91 Å². The molecule has 126 valence electrons. The smallest absolute Gasteiger partial charge is 0.253 e. The molecule has 2 atom stereocenters. The van der Waals surface area contributed by atoms with Crippen molar-refractivity contribution in [3.8, 4) is 0 Å². The largest absolute Gasteiger partial charge is 0.388 e. The lowest BCUT2D eigenvalue weighted by Crippen LogP contribution is -2.41. The fraction of sp³-hybridized carbons (Fsp3) is 0.400. The Morgan fingerprint density at radius 2 is 2.08 bits per heavy atom. The Labute approximate surface area is 143 Å². The molecule has 1 aromatic heterocycles. The van der Waals surface area contributed by atoms with Crippen molar-refractivity contribution in [2.45, 2.75) is 32.8 Å². The van der Waals surface area contributed by atoms with Gasteiger partial charge in [0.1, 0.15) is 0 Å². The molecular formula is C20H24N2O2. The highest BCUT2D eigenvalue weighted by molar-refractivity contribution is 5.94. The number of hydrogen-bond donors (Lipinski definition) is 1. The average Bonchev–Trinajstić information content (AvgIpc) is 2.60. The van der Waals surface area contributed by atoms with E-state index in [-0.39, 0.29) is 11.8 Å². The van der Waals surface area contributed by atoms with E-state index in [0.717, 1.165) is 41.6 Å². The van der Waals surface area contributed by atoms with Crippen LogP contribution in [0.3, 0.4) is 0 Å². The van der Waals surface area contributed by atoms with Gasteiger partial charge in [-0.2, -0.15) is 0 Å². The number of benzene rings is 1. The lowest BCUT2D eigenvalue weighted by Gasteiger charge is -2.35. The molecule has 1 saturated heterocycles. The molecule has 0 spiro atoms. The number of nitrogens with zero attached hydrogens (tertiary/aromatic N) is 2. The van der Waals surface area contributed by atoms with Gasteiger partial charge in [0.25, 0.3) is 5.91 Å². The number of aromatic nitrogens is 1. The molecule has 1 amide bonds. The second-order valence-electron chi connectivity index (χ2n) is 6.76. The molecule has 2 unspecified atom stereocenters. The van der Waals surface area contributed by atoms with Crippen LogP contribution in [-0.4, -0.2) is 34.0 Å². The molecule has 2 aromatic rings. The summed E-state index contributed by atoms with van der Waals surface area (Å²) in [5.41, 5.74) is 3.68. The van der Waals surface area contributed by atoms with Crippen molar-refractivity contribution in [3.63, 3.8) is 0 Å². The van der Waals surface area contributed by atoms with E-state index < -0.39 is 6.10 Å². The molecule has 1 aliphatic heterocycles. The highest BCUT2D eigenvalue weighted by Gasteiger charge is 2.30. The van der Waals surface area contributed by atoms with E-state index >= 15 is 0 Å². The molecule has 2 heterocycles. The minimum atomic E-state index is -0.578. The number of likely N-dealkylation sites (tertiary alicyclic amines) is 1. The Morgan fingerprint density at radius 3 is 2.83 bits per heavy atom. The molecule has 24 heavy (non-hydrogen) atoms. The normalized spacial score (nSPS) is 19.1. The SMILES string of the molecule is Cc1cccc(C(=O)N2CCCC(C(O)c3cncc(C)c3)C2)c1. The number of aliphatic hydroxyl groups excluding tert-OH is 1. The Morgan fingerprint density at radius 1 is 1.25 bits per heavy atom. The Bertz CT molecular complexity index is 729. The summed E-state index contributed by atoms with van der Waals surface area (Å²) in [6.07, 6.45) is 4.76. The second kappa shape index (κ2) is 7.14. The number of carbonyl (C=O) groups excluding carboxylic acids is 1. The van der Waals surface area contributed by atoms with E-state index in [1.165, 1.54) is 0 Å². The highest BCUT2D eigenvalue weighted by atomic mass is 16.3. The van der Waals surface area contributed by atoms with Crippen LogP contribution in [0, 0.1) is 19.8 Å². The first-order chi connectivity index (χ1) is 11.5. The third-order valence-corrected chi connectivity index (χ3v) is 4.69. The Balaban J connectivity index is 1.73. The Kier molecular flexibility index (Phi) is 4.95. The van der Waals surface area contributed by atoms with Crippen molar-refractivity contribution < 1.29 is 9.90 Å². The number of amides is 1. The summed E-state index contributed by atoms with van der Waals surface area (Å²) in [6, 6.07) is 9.66. The Hall–Kier alpha value is -2.20. The van der Waals surface area contributed by atoms with Crippen LogP contribution < -0.4 is 0 Å². The third kappa shape index (κ3) is 3.65. The van der Waals surface area contributed by atoms with Crippen LogP contribution in [0.15, 0.2) is 42.7 Å². The number of hydrogen-bond acceptors (Lipinski definition) is 3. The number of piperidine rings is 1. The molecule has 3 rings (SSSR count). The van der Waals surface area contributed by atoms with Gasteiger partial charge >= 0.3 is 0 Å². The molecule has 0 radical (unpaired) electrons. The molecule has 1 fully saturated rings. The quantitative estimate of drug-likeness (QED) is 0.942. The first-order valence-corrected chi connectivity index (χ1v) is 8.50. The van der Waals surface area contributed by atoms with E-state index in [4.69, 9.17) is 0 Å². The molecule has 1 aliphatic rings. The molecule has 1 aromatic carbocycles. The van der Waals surface area contributed by atoms with Crippen LogP contribution in [0.1, 0.15) is 46.0 Å². The second-order valence-corrected chi connectivity index (χ2v) is 6.76. The topological polar surface area (TPSA) is 53.4 Å². The van der Waals surface area contributed by atoms with Gasteiger partial charge in [0.05, 0.1) is 6.10 Å². The zero-order valence-electron chi connectivity index (χ0n) is 14.3. The monoisotopic (exact) mass is 324 g/mol. The maximum atomic E-state index is 12.7. The number of aliphatic hydroxyl groups is 1. The fourth-order valence-electron chi connectivity index (χ4n) is 3.43. The third-order valence-electron chi connectivity index (χ3n) is 4.69. The lowest BCUT2D eigenvalue weighted by atomic mass is 9.88. The van der Waals surface area contributed by atoms with Gasteiger partial charge in [-0.3, -0.25) is 9.78 Å². The minimum absolute atomic E-state index is 0.0520. The molecule has 4 nitrogen and oxygen atoms in total. The highest BCUT2D eigenvalue weighted by Crippen LogP contribution is 2.30. The maximum Gasteiger partial charge on any atom is 0.253 e. The number of carbonyl (C=O) groups is 1. The van der Waals surface area contributed by atoms with Gasteiger partial charge in [-0.1, -0.05) is 23.8 Å². The average molecular weight is 324 g/mol. The van der Waals surface area contributed by atoms with Crippen LogP contribution in [0.4, 0.5) is 0 Å². The van der Waals surface area contributed by atoms with Gasteiger partial charge in [0, 0.05) is 37.0 Å². The minimum Gasteiger partial charge on any atom is -0.388 e. The van der Waals surface area contributed by atoms with Crippen LogP contribution in [-0.2, 0) is 0 Å². The predicted octanol–water partition coefficient (Wildman–Crippen LogP) is 3.28. The first kappa shape index (κ1) is 16.7. The van der Waals surface area contributed by atoms with Gasteiger partial charge in [0.15, 0.2) is 0 Å². The summed E-state index contributed by atoms with van der Waals surface area (Å²) < 4.78 is 0. The van der Waals surface area contributed by atoms with Gasteiger partial charge in [0.2, 0.25) is 0 Å². The number of pyridine rings is 1. The van der Waals surface area contributed by atoms with Crippen LogP contribution >= 0.6 is 0 Å². The van der Waals surface area contributed by atoms with Gasteiger partial charge in [-0.25, -0.2) is 0 Å². The van der Waals surface area contributed by atoms with E-state index in [0.29, 0.717) is 6.54 Å². The predicted molar refractivity (Wildman–Crippen MR) is 93.7 cm³/mol. The summed E-state index contributed by atoms with van der Waals surface area (Å²) in [4.78, 5) is 18.8. The van der Waals surface area contributed by atoms with E-state index in [9.17, 15) is 9.90 Å². The van der Waals surface area contributed by atoms with Crippen LogP contribution in [0.25, 0.3) is 0 Å². The molecule has 1 N–H and O–H groups in total. The maximum absolute atomic E-state index is 12.7. The lowest BCUT2D eigenvalue weighted by molar-refractivity contribution is 0.0399. The van der Waals surface area contributed by atoms with Crippen molar-refractivity contribution in [3.05, 3.63) is 65.0 Å². The zero-order chi connectivity index (χ0) is 17.1. The van der Waals surface area contributed by atoms with Crippen molar-refractivity contribution in [1.82, 2.24) is 9.88 Å². The van der Waals surface area contributed by atoms with Gasteiger partial charge in [-0.05, 0) is 49.9 Å². The summed E-state index contributed by atoms with van der Waals surface area (Å²) in [7, 11) is 0.